The first-order valence-electron chi connectivity index (χ1n) is 6.83. The highest BCUT2D eigenvalue weighted by Gasteiger charge is 2.15. The van der Waals surface area contributed by atoms with Crippen molar-refractivity contribution in [2.45, 2.75) is 26.7 Å². The minimum Gasteiger partial charge on any atom is -0.478 e. The molecule has 0 aliphatic carbocycles. The Labute approximate surface area is 132 Å². The number of carboxylic acids is 1. The Bertz CT molecular complexity index is 649. The van der Waals surface area contributed by atoms with E-state index in [2.05, 4.69) is 40.1 Å². The van der Waals surface area contributed by atoms with Crippen molar-refractivity contribution in [3.8, 4) is 0 Å². The van der Waals surface area contributed by atoms with E-state index in [9.17, 15) is 9.90 Å². The molecule has 21 heavy (non-hydrogen) atoms. The Hall–Kier alpha value is -1.88. The fourth-order valence-corrected chi connectivity index (χ4v) is 2.55. The summed E-state index contributed by atoms with van der Waals surface area (Å²) in [4.78, 5) is 15.6. The van der Waals surface area contributed by atoms with Gasteiger partial charge in [-0.05, 0) is 46.0 Å². The predicted molar refractivity (Wildman–Crippen MR) is 87.4 cm³/mol. The lowest BCUT2D eigenvalue weighted by atomic mass is 10.0. The molecule has 0 atom stereocenters. The van der Waals surface area contributed by atoms with Crippen LogP contribution in [0, 0.1) is 0 Å². The smallest absolute Gasteiger partial charge is 0.339 e. The van der Waals surface area contributed by atoms with Crippen molar-refractivity contribution in [1.82, 2.24) is 4.98 Å². The largest absolute Gasteiger partial charge is 0.478 e. The van der Waals surface area contributed by atoms with Crippen LogP contribution in [0.15, 0.2) is 34.9 Å². The zero-order valence-corrected chi connectivity index (χ0v) is 13.6. The molecule has 0 saturated carbocycles. The number of pyridine rings is 1. The van der Waals surface area contributed by atoms with E-state index in [1.165, 1.54) is 0 Å². The predicted octanol–water partition coefficient (Wildman–Crippen LogP) is 4.41. The van der Waals surface area contributed by atoms with Crippen molar-refractivity contribution < 1.29 is 9.90 Å². The van der Waals surface area contributed by atoms with Crippen LogP contribution in [0.1, 0.15) is 35.3 Å². The summed E-state index contributed by atoms with van der Waals surface area (Å²) in [6, 6.07) is 7.66. The van der Waals surface area contributed by atoms with Crippen LogP contribution in [0.3, 0.4) is 0 Å². The first-order valence-corrected chi connectivity index (χ1v) is 7.62. The molecular formula is C16H17BrN2O2. The van der Waals surface area contributed by atoms with Gasteiger partial charge in [-0.25, -0.2) is 9.78 Å². The van der Waals surface area contributed by atoms with Gasteiger partial charge in [-0.1, -0.05) is 32.0 Å². The lowest BCUT2D eigenvalue weighted by Gasteiger charge is -2.16. The second-order valence-corrected chi connectivity index (χ2v) is 5.55. The molecule has 1 aromatic heterocycles. The van der Waals surface area contributed by atoms with Crippen molar-refractivity contribution in [2.75, 3.05) is 5.32 Å². The van der Waals surface area contributed by atoms with Gasteiger partial charge < -0.3 is 10.4 Å². The molecule has 0 amide bonds. The average Bonchev–Trinajstić information content (AvgIpc) is 2.48. The summed E-state index contributed by atoms with van der Waals surface area (Å²) in [5, 5.41) is 12.5. The van der Waals surface area contributed by atoms with Gasteiger partial charge in [-0.2, -0.15) is 0 Å². The van der Waals surface area contributed by atoms with Crippen molar-refractivity contribution >= 4 is 33.4 Å². The number of aromatic carboxylic acids is 1. The minimum absolute atomic E-state index is 0.150. The second-order valence-electron chi connectivity index (χ2n) is 4.64. The molecule has 2 aromatic rings. The Balaban J connectivity index is 2.50. The summed E-state index contributed by atoms with van der Waals surface area (Å²) in [5.74, 6) is -0.639. The third kappa shape index (κ3) is 3.42. The molecule has 0 bridgehead atoms. The molecular weight excluding hydrogens is 332 g/mol. The normalized spacial score (nSPS) is 10.4. The SMILES string of the molecule is CCc1cccc(CC)c1Nc1ncc(Br)cc1C(=O)O. The standard InChI is InChI=1S/C16H17BrN2O2/c1-3-10-6-5-7-11(4-2)14(10)19-15-13(16(20)21)8-12(17)9-18-15/h5-9H,3-4H2,1-2H3,(H,18,19)(H,20,21). The summed E-state index contributed by atoms with van der Waals surface area (Å²) in [6.45, 7) is 4.15. The van der Waals surface area contributed by atoms with Gasteiger partial charge in [0.25, 0.3) is 0 Å². The molecule has 110 valence electrons. The molecule has 1 aromatic carbocycles. The summed E-state index contributed by atoms with van der Waals surface area (Å²) in [5.41, 5.74) is 3.41. The van der Waals surface area contributed by atoms with Crippen LogP contribution in [-0.2, 0) is 12.8 Å². The fourth-order valence-electron chi connectivity index (χ4n) is 2.22. The van der Waals surface area contributed by atoms with E-state index in [4.69, 9.17) is 0 Å². The quantitative estimate of drug-likeness (QED) is 0.839. The summed E-state index contributed by atoms with van der Waals surface area (Å²) >= 11 is 3.25. The number of para-hydroxylation sites is 1. The molecule has 0 spiro atoms. The number of carbonyl (C=O) groups is 1. The number of anilines is 2. The first kappa shape index (κ1) is 15.5. The first-order chi connectivity index (χ1) is 10.1. The highest BCUT2D eigenvalue weighted by atomic mass is 79.9. The molecule has 2 N–H and O–H groups in total. The van der Waals surface area contributed by atoms with Gasteiger partial charge >= 0.3 is 5.97 Å². The maximum absolute atomic E-state index is 11.4. The van der Waals surface area contributed by atoms with Gasteiger partial charge in [0.15, 0.2) is 0 Å². The Morgan fingerprint density at radius 1 is 1.29 bits per heavy atom. The van der Waals surface area contributed by atoms with Crippen LogP contribution in [0.5, 0.6) is 0 Å². The van der Waals surface area contributed by atoms with Crippen LogP contribution in [0.4, 0.5) is 11.5 Å². The van der Waals surface area contributed by atoms with Crippen molar-refractivity contribution in [3.05, 3.63) is 51.6 Å². The molecule has 0 aliphatic rings. The average molecular weight is 349 g/mol. The monoisotopic (exact) mass is 348 g/mol. The summed E-state index contributed by atoms with van der Waals surface area (Å²) in [6.07, 6.45) is 3.33. The number of halogens is 1. The van der Waals surface area contributed by atoms with Gasteiger partial charge in [-0.15, -0.1) is 0 Å². The molecule has 1 heterocycles. The van der Waals surface area contributed by atoms with E-state index in [0.29, 0.717) is 10.3 Å². The number of rotatable bonds is 5. The third-order valence-electron chi connectivity index (χ3n) is 3.33. The number of aryl methyl sites for hydroxylation is 2. The number of aromatic nitrogens is 1. The lowest BCUT2D eigenvalue weighted by Crippen LogP contribution is -2.07. The summed E-state index contributed by atoms with van der Waals surface area (Å²) in [7, 11) is 0. The van der Waals surface area contributed by atoms with Gasteiger partial charge in [0.2, 0.25) is 0 Å². The van der Waals surface area contributed by atoms with Crippen LogP contribution in [0.2, 0.25) is 0 Å². The highest BCUT2D eigenvalue weighted by molar-refractivity contribution is 9.10. The number of nitrogens with zero attached hydrogens (tertiary/aromatic N) is 1. The molecule has 0 saturated heterocycles. The fraction of sp³-hybridized carbons (Fsp3) is 0.250. The molecule has 2 rings (SSSR count). The number of nitrogens with one attached hydrogen (secondary N) is 1. The molecule has 0 unspecified atom stereocenters. The van der Waals surface area contributed by atoms with E-state index in [1.807, 2.05) is 18.2 Å². The Morgan fingerprint density at radius 3 is 2.43 bits per heavy atom. The molecule has 0 radical (unpaired) electrons. The van der Waals surface area contributed by atoms with Crippen molar-refractivity contribution in [1.29, 1.82) is 0 Å². The maximum atomic E-state index is 11.4. The Morgan fingerprint density at radius 2 is 1.90 bits per heavy atom. The van der Waals surface area contributed by atoms with Gasteiger partial charge in [0.05, 0.1) is 0 Å². The van der Waals surface area contributed by atoms with Crippen LogP contribution in [-0.4, -0.2) is 16.1 Å². The number of carboxylic acid groups (broad SMARTS) is 1. The summed E-state index contributed by atoms with van der Waals surface area (Å²) < 4.78 is 0.643. The zero-order valence-electron chi connectivity index (χ0n) is 12.0. The van der Waals surface area contributed by atoms with Gasteiger partial charge in [0.1, 0.15) is 11.4 Å². The van der Waals surface area contributed by atoms with Crippen LogP contribution >= 0.6 is 15.9 Å². The molecule has 0 fully saturated rings. The molecule has 0 aliphatic heterocycles. The van der Waals surface area contributed by atoms with E-state index >= 15 is 0 Å². The van der Waals surface area contributed by atoms with E-state index < -0.39 is 5.97 Å². The number of benzene rings is 1. The van der Waals surface area contributed by atoms with Crippen molar-refractivity contribution in [2.24, 2.45) is 0 Å². The van der Waals surface area contributed by atoms with Crippen LogP contribution < -0.4 is 5.32 Å². The lowest BCUT2D eigenvalue weighted by molar-refractivity contribution is 0.0697. The van der Waals surface area contributed by atoms with E-state index in [-0.39, 0.29) is 5.56 Å². The van der Waals surface area contributed by atoms with Crippen molar-refractivity contribution in [3.63, 3.8) is 0 Å². The van der Waals surface area contributed by atoms with Gasteiger partial charge in [-0.3, -0.25) is 0 Å². The van der Waals surface area contributed by atoms with Gasteiger partial charge in [0, 0.05) is 16.4 Å². The van der Waals surface area contributed by atoms with E-state index in [0.717, 1.165) is 29.7 Å². The molecule has 4 nitrogen and oxygen atoms in total. The van der Waals surface area contributed by atoms with Crippen LogP contribution in [0.25, 0.3) is 0 Å². The topological polar surface area (TPSA) is 62.2 Å². The third-order valence-corrected chi connectivity index (χ3v) is 3.76. The Kier molecular flexibility index (Phi) is 4.96. The zero-order chi connectivity index (χ0) is 15.4. The minimum atomic E-state index is -1.00. The molecule has 5 heteroatoms. The highest BCUT2D eigenvalue weighted by Crippen LogP contribution is 2.28. The van der Waals surface area contributed by atoms with E-state index in [1.54, 1.807) is 12.3 Å². The number of hydrogen-bond acceptors (Lipinski definition) is 3. The maximum Gasteiger partial charge on any atom is 0.339 e. The number of hydrogen-bond donors (Lipinski definition) is 2. The second kappa shape index (κ2) is 6.72.